The van der Waals surface area contributed by atoms with Crippen LogP contribution in [0.2, 0.25) is 0 Å². The topological polar surface area (TPSA) is 55.1 Å². The van der Waals surface area contributed by atoms with E-state index in [4.69, 9.17) is 5.73 Å². The number of nitrogens with two attached hydrogens (primary N) is 1. The first kappa shape index (κ1) is 11.6. The lowest BCUT2D eigenvalue weighted by Crippen LogP contribution is -2.15. The van der Waals surface area contributed by atoms with E-state index < -0.39 is 0 Å². The number of amides is 1. The van der Waals surface area contributed by atoms with E-state index in [1.165, 1.54) is 0 Å². The second-order valence-corrected chi connectivity index (χ2v) is 3.58. The van der Waals surface area contributed by atoms with Crippen molar-refractivity contribution in [1.82, 2.24) is 0 Å². The van der Waals surface area contributed by atoms with Gasteiger partial charge in [-0.15, -0.1) is 0 Å². The van der Waals surface area contributed by atoms with Gasteiger partial charge in [0.15, 0.2) is 0 Å². The first-order valence-electron chi connectivity index (χ1n) is 5.34. The van der Waals surface area contributed by atoms with E-state index in [0.29, 0.717) is 6.42 Å². The molecule has 0 saturated carbocycles. The molecule has 1 rings (SSSR count). The maximum Gasteiger partial charge on any atom is 0.221 e. The molecule has 0 aliphatic heterocycles. The van der Waals surface area contributed by atoms with Crippen LogP contribution < -0.4 is 11.1 Å². The Balaban J connectivity index is 2.64. The standard InChI is InChI=1S/C12H18N2O/c1-2-3-8-14-11-7-5-4-6-10(11)9-12(13)15/h4-7,14H,2-3,8-9H2,1H3,(H2,13,15). The van der Waals surface area contributed by atoms with E-state index >= 15 is 0 Å². The summed E-state index contributed by atoms with van der Waals surface area (Å²) in [6.07, 6.45) is 2.59. The number of hydrogen-bond acceptors (Lipinski definition) is 2. The molecule has 0 saturated heterocycles. The summed E-state index contributed by atoms with van der Waals surface area (Å²) in [5, 5.41) is 3.31. The van der Waals surface area contributed by atoms with Crippen molar-refractivity contribution in [2.75, 3.05) is 11.9 Å². The average Bonchev–Trinajstić information content (AvgIpc) is 2.20. The predicted octanol–water partition coefficient (Wildman–Crippen LogP) is 1.93. The molecular weight excluding hydrogens is 188 g/mol. The Morgan fingerprint density at radius 3 is 2.80 bits per heavy atom. The number of hydrogen-bond donors (Lipinski definition) is 2. The molecule has 3 heteroatoms. The summed E-state index contributed by atoms with van der Waals surface area (Å²) in [6.45, 7) is 3.09. The summed E-state index contributed by atoms with van der Waals surface area (Å²) in [7, 11) is 0. The Hall–Kier alpha value is -1.51. The Bertz CT molecular complexity index is 323. The maximum atomic E-state index is 10.8. The second-order valence-electron chi connectivity index (χ2n) is 3.58. The lowest BCUT2D eigenvalue weighted by atomic mass is 10.1. The van der Waals surface area contributed by atoms with Crippen molar-refractivity contribution in [2.24, 2.45) is 5.73 Å². The summed E-state index contributed by atoms with van der Waals surface area (Å²) in [4.78, 5) is 10.8. The van der Waals surface area contributed by atoms with Gasteiger partial charge in [0, 0.05) is 12.2 Å². The number of benzene rings is 1. The van der Waals surface area contributed by atoms with Crippen LogP contribution in [0.15, 0.2) is 24.3 Å². The van der Waals surface area contributed by atoms with Gasteiger partial charge in [0.25, 0.3) is 0 Å². The van der Waals surface area contributed by atoms with Crippen LogP contribution in [0.4, 0.5) is 5.69 Å². The number of carbonyl (C=O) groups excluding carboxylic acids is 1. The number of unbranched alkanes of at least 4 members (excludes halogenated alkanes) is 1. The molecule has 1 amide bonds. The third kappa shape index (κ3) is 4.02. The van der Waals surface area contributed by atoms with Gasteiger partial charge in [-0.2, -0.15) is 0 Å². The highest BCUT2D eigenvalue weighted by atomic mass is 16.1. The smallest absolute Gasteiger partial charge is 0.221 e. The molecule has 0 unspecified atom stereocenters. The Morgan fingerprint density at radius 1 is 1.40 bits per heavy atom. The molecule has 3 N–H and O–H groups in total. The Labute approximate surface area is 90.7 Å². The van der Waals surface area contributed by atoms with Crippen LogP contribution in [-0.2, 0) is 11.2 Å². The van der Waals surface area contributed by atoms with Gasteiger partial charge in [-0.3, -0.25) is 4.79 Å². The van der Waals surface area contributed by atoms with Crippen molar-refractivity contribution in [2.45, 2.75) is 26.2 Å². The molecule has 0 spiro atoms. The fourth-order valence-corrected chi connectivity index (χ4v) is 1.43. The lowest BCUT2D eigenvalue weighted by molar-refractivity contribution is -0.117. The summed E-state index contributed by atoms with van der Waals surface area (Å²) >= 11 is 0. The zero-order valence-electron chi connectivity index (χ0n) is 9.12. The molecule has 0 fully saturated rings. The molecule has 1 aromatic rings. The van der Waals surface area contributed by atoms with Crippen molar-refractivity contribution in [3.8, 4) is 0 Å². The van der Waals surface area contributed by atoms with Crippen LogP contribution in [-0.4, -0.2) is 12.5 Å². The summed E-state index contributed by atoms with van der Waals surface area (Å²) in [6, 6.07) is 7.79. The highest BCUT2D eigenvalue weighted by Crippen LogP contribution is 2.15. The number of primary amides is 1. The van der Waals surface area contributed by atoms with Gasteiger partial charge < -0.3 is 11.1 Å². The molecule has 15 heavy (non-hydrogen) atoms. The highest BCUT2D eigenvalue weighted by Gasteiger charge is 2.03. The van der Waals surface area contributed by atoms with Crippen molar-refractivity contribution in [3.05, 3.63) is 29.8 Å². The van der Waals surface area contributed by atoms with Gasteiger partial charge in [0.05, 0.1) is 6.42 Å². The van der Waals surface area contributed by atoms with Gasteiger partial charge in [-0.05, 0) is 18.1 Å². The molecule has 0 bridgehead atoms. The number of carbonyl (C=O) groups is 1. The lowest BCUT2D eigenvalue weighted by Gasteiger charge is -2.10. The van der Waals surface area contributed by atoms with Gasteiger partial charge in [-0.1, -0.05) is 31.5 Å². The van der Waals surface area contributed by atoms with Gasteiger partial charge in [-0.25, -0.2) is 0 Å². The fourth-order valence-electron chi connectivity index (χ4n) is 1.43. The monoisotopic (exact) mass is 206 g/mol. The fraction of sp³-hybridized carbons (Fsp3) is 0.417. The van der Waals surface area contributed by atoms with Crippen molar-refractivity contribution in [3.63, 3.8) is 0 Å². The minimum absolute atomic E-state index is 0.292. The minimum Gasteiger partial charge on any atom is -0.385 e. The molecule has 0 radical (unpaired) electrons. The van der Waals surface area contributed by atoms with E-state index in [1.54, 1.807) is 0 Å². The quantitative estimate of drug-likeness (QED) is 0.699. The zero-order chi connectivity index (χ0) is 11.1. The van der Waals surface area contributed by atoms with E-state index in [1.807, 2.05) is 24.3 Å². The normalized spacial score (nSPS) is 9.93. The van der Waals surface area contributed by atoms with Crippen molar-refractivity contribution in [1.29, 1.82) is 0 Å². The van der Waals surface area contributed by atoms with Crippen LogP contribution in [0.3, 0.4) is 0 Å². The Kier molecular flexibility index (Phi) is 4.68. The number of para-hydroxylation sites is 1. The van der Waals surface area contributed by atoms with Crippen molar-refractivity contribution < 1.29 is 4.79 Å². The predicted molar refractivity (Wildman–Crippen MR) is 62.7 cm³/mol. The first-order valence-corrected chi connectivity index (χ1v) is 5.34. The van der Waals surface area contributed by atoms with E-state index in [0.717, 1.165) is 30.6 Å². The van der Waals surface area contributed by atoms with Crippen LogP contribution in [0.5, 0.6) is 0 Å². The average molecular weight is 206 g/mol. The van der Waals surface area contributed by atoms with Crippen molar-refractivity contribution >= 4 is 11.6 Å². The molecule has 82 valence electrons. The summed E-state index contributed by atoms with van der Waals surface area (Å²) < 4.78 is 0. The number of rotatable bonds is 6. The largest absolute Gasteiger partial charge is 0.385 e. The van der Waals surface area contributed by atoms with E-state index in [-0.39, 0.29) is 5.91 Å². The van der Waals surface area contributed by atoms with Crippen LogP contribution in [0, 0.1) is 0 Å². The third-order valence-electron chi connectivity index (χ3n) is 2.23. The summed E-state index contributed by atoms with van der Waals surface area (Å²) in [5.74, 6) is -0.292. The molecular formula is C12H18N2O. The van der Waals surface area contributed by atoms with Gasteiger partial charge in [0.2, 0.25) is 5.91 Å². The molecule has 0 aliphatic carbocycles. The van der Waals surface area contributed by atoms with E-state index in [9.17, 15) is 4.79 Å². The molecule has 1 aromatic carbocycles. The Morgan fingerprint density at radius 2 is 2.13 bits per heavy atom. The molecule has 0 aromatic heterocycles. The molecule has 3 nitrogen and oxygen atoms in total. The van der Waals surface area contributed by atoms with Crippen LogP contribution in [0.25, 0.3) is 0 Å². The van der Waals surface area contributed by atoms with Gasteiger partial charge >= 0.3 is 0 Å². The molecule has 0 atom stereocenters. The molecule has 0 heterocycles. The summed E-state index contributed by atoms with van der Waals surface area (Å²) in [5.41, 5.74) is 7.17. The number of anilines is 1. The van der Waals surface area contributed by atoms with Crippen LogP contribution in [0.1, 0.15) is 25.3 Å². The van der Waals surface area contributed by atoms with E-state index in [2.05, 4.69) is 12.2 Å². The SMILES string of the molecule is CCCCNc1ccccc1CC(N)=O. The molecule has 0 aliphatic rings. The third-order valence-corrected chi connectivity index (χ3v) is 2.23. The number of nitrogens with one attached hydrogen (secondary N) is 1. The van der Waals surface area contributed by atoms with Crippen LogP contribution >= 0.6 is 0 Å². The zero-order valence-corrected chi connectivity index (χ0v) is 9.12. The minimum atomic E-state index is -0.292. The highest BCUT2D eigenvalue weighted by molar-refractivity contribution is 5.78. The maximum absolute atomic E-state index is 10.8. The second kappa shape index (κ2) is 6.06. The van der Waals surface area contributed by atoms with Gasteiger partial charge in [0.1, 0.15) is 0 Å². The first-order chi connectivity index (χ1) is 7.24.